The van der Waals surface area contributed by atoms with E-state index in [1.165, 1.54) is 19.3 Å². The molecule has 1 unspecified atom stereocenters. The van der Waals surface area contributed by atoms with E-state index in [1.54, 1.807) is 6.92 Å². The van der Waals surface area contributed by atoms with Gasteiger partial charge in [-0.1, -0.05) is 33.1 Å². The fourth-order valence-corrected chi connectivity index (χ4v) is 2.65. The van der Waals surface area contributed by atoms with Crippen molar-refractivity contribution in [2.24, 2.45) is 0 Å². The quantitative estimate of drug-likeness (QED) is 0.558. The van der Waals surface area contributed by atoms with E-state index in [9.17, 15) is 9.90 Å². The molecule has 1 aromatic rings. The van der Waals surface area contributed by atoms with Crippen molar-refractivity contribution >= 4 is 5.97 Å². The van der Waals surface area contributed by atoms with Gasteiger partial charge in [-0.05, 0) is 19.8 Å². The Kier molecular flexibility index (Phi) is 6.76. The Morgan fingerprint density at radius 2 is 2.00 bits per heavy atom. The van der Waals surface area contributed by atoms with Crippen molar-refractivity contribution in [3.05, 3.63) is 17.7 Å². The molecule has 1 atom stereocenters. The van der Waals surface area contributed by atoms with Crippen LogP contribution in [0.2, 0.25) is 0 Å². The SMILES string of the molecule is CCCCCCc1n(CCC)c(C)c[n+]1C(C)C(=O)O. The number of aryl methyl sites for hydroxylation is 1. The fraction of sp³-hybridized carbons (Fsp3) is 0.750. The smallest absolute Gasteiger partial charge is 0.349 e. The van der Waals surface area contributed by atoms with Gasteiger partial charge in [0.2, 0.25) is 0 Å². The van der Waals surface area contributed by atoms with Crippen molar-refractivity contribution in [1.82, 2.24) is 4.57 Å². The summed E-state index contributed by atoms with van der Waals surface area (Å²) in [5.74, 6) is 0.397. The highest BCUT2D eigenvalue weighted by atomic mass is 16.4. The lowest BCUT2D eigenvalue weighted by atomic mass is 10.1. The molecule has 0 bridgehead atoms. The lowest BCUT2D eigenvalue weighted by molar-refractivity contribution is -0.714. The average molecular weight is 281 g/mol. The summed E-state index contributed by atoms with van der Waals surface area (Å²) in [7, 11) is 0. The average Bonchev–Trinajstić information content (AvgIpc) is 2.71. The van der Waals surface area contributed by atoms with Gasteiger partial charge in [-0.15, -0.1) is 0 Å². The molecule has 114 valence electrons. The molecule has 1 rings (SSSR count). The number of hydrogen-bond acceptors (Lipinski definition) is 1. The van der Waals surface area contributed by atoms with Crippen LogP contribution in [-0.4, -0.2) is 15.6 Å². The van der Waals surface area contributed by atoms with E-state index in [-0.39, 0.29) is 0 Å². The summed E-state index contributed by atoms with van der Waals surface area (Å²) in [4.78, 5) is 11.3. The van der Waals surface area contributed by atoms with E-state index in [0.29, 0.717) is 0 Å². The standard InChI is InChI=1S/C16H28N2O2/c1-5-7-8-9-10-15-17(11-6-2)13(3)12-18(15)14(4)16(19)20/h12,14H,5-11H2,1-4H3/p+1. The minimum atomic E-state index is -0.765. The highest BCUT2D eigenvalue weighted by Gasteiger charge is 2.27. The molecule has 4 heteroatoms. The third-order valence-electron chi connectivity index (χ3n) is 3.84. The van der Waals surface area contributed by atoms with Gasteiger partial charge in [-0.2, -0.15) is 0 Å². The van der Waals surface area contributed by atoms with E-state index >= 15 is 0 Å². The van der Waals surface area contributed by atoms with Gasteiger partial charge >= 0.3 is 5.97 Å². The van der Waals surface area contributed by atoms with Gasteiger partial charge in [0, 0.05) is 13.3 Å². The van der Waals surface area contributed by atoms with Crippen molar-refractivity contribution in [2.75, 3.05) is 0 Å². The van der Waals surface area contributed by atoms with Crippen LogP contribution in [-0.2, 0) is 17.8 Å². The molecular formula is C16H29N2O2+. The molecule has 0 aliphatic carbocycles. The molecule has 0 radical (unpaired) electrons. The fourth-order valence-electron chi connectivity index (χ4n) is 2.65. The van der Waals surface area contributed by atoms with Crippen molar-refractivity contribution in [1.29, 1.82) is 0 Å². The van der Waals surface area contributed by atoms with Crippen molar-refractivity contribution in [3.63, 3.8) is 0 Å². The van der Waals surface area contributed by atoms with E-state index in [0.717, 1.165) is 37.3 Å². The topological polar surface area (TPSA) is 46.1 Å². The summed E-state index contributed by atoms with van der Waals surface area (Å²) in [6, 6.07) is -0.493. The van der Waals surface area contributed by atoms with Crippen LogP contribution in [0.25, 0.3) is 0 Å². The Morgan fingerprint density at radius 1 is 1.30 bits per heavy atom. The molecule has 0 aliphatic rings. The van der Waals surface area contributed by atoms with Gasteiger partial charge in [-0.25, -0.2) is 13.9 Å². The first-order chi connectivity index (χ1) is 9.52. The van der Waals surface area contributed by atoms with Gasteiger partial charge in [-0.3, -0.25) is 0 Å². The number of carbonyl (C=O) groups is 1. The van der Waals surface area contributed by atoms with Crippen LogP contribution >= 0.6 is 0 Å². The summed E-state index contributed by atoms with van der Waals surface area (Å²) in [5.41, 5.74) is 1.16. The predicted molar refractivity (Wildman–Crippen MR) is 79.8 cm³/mol. The minimum Gasteiger partial charge on any atom is -0.478 e. The van der Waals surface area contributed by atoms with Gasteiger partial charge in [0.05, 0.1) is 6.54 Å². The van der Waals surface area contributed by atoms with Gasteiger partial charge < -0.3 is 5.11 Å². The molecule has 0 aliphatic heterocycles. The molecular weight excluding hydrogens is 252 g/mol. The van der Waals surface area contributed by atoms with E-state index < -0.39 is 12.0 Å². The summed E-state index contributed by atoms with van der Waals surface area (Å²) >= 11 is 0. The minimum absolute atomic E-state index is 0.493. The number of carboxylic acids is 1. The van der Waals surface area contributed by atoms with Crippen LogP contribution in [0.1, 0.15) is 70.4 Å². The Bertz CT molecular complexity index is 438. The molecule has 0 aromatic carbocycles. The second-order valence-corrected chi connectivity index (χ2v) is 5.57. The van der Waals surface area contributed by atoms with Crippen LogP contribution in [0.15, 0.2) is 6.20 Å². The number of nitrogens with zero attached hydrogens (tertiary/aromatic N) is 2. The monoisotopic (exact) mass is 281 g/mol. The molecule has 0 fully saturated rings. The van der Waals surface area contributed by atoms with Crippen molar-refractivity contribution in [3.8, 4) is 0 Å². The summed E-state index contributed by atoms with van der Waals surface area (Å²) < 4.78 is 4.23. The molecule has 1 N–H and O–H groups in total. The Morgan fingerprint density at radius 3 is 2.55 bits per heavy atom. The molecule has 20 heavy (non-hydrogen) atoms. The zero-order valence-corrected chi connectivity index (χ0v) is 13.4. The third kappa shape index (κ3) is 4.09. The Labute approximate surface area is 122 Å². The molecule has 1 heterocycles. The molecule has 0 saturated heterocycles. The highest BCUT2D eigenvalue weighted by Crippen LogP contribution is 2.12. The number of imidazole rings is 1. The first-order valence-corrected chi connectivity index (χ1v) is 7.85. The number of unbranched alkanes of at least 4 members (excludes halogenated alkanes) is 3. The van der Waals surface area contributed by atoms with Crippen LogP contribution in [0, 0.1) is 6.92 Å². The number of hydrogen-bond donors (Lipinski definition) is 1. The molecule has 0 spiro atoms. The van der Waals surface area contributed by atoms with Gasteiger partial charge in [0.1, 0.15) is 11.9 Å². The van der Waals surface area contributed by atoms with Crippen LogP contribution < -0.4 is 4.57 Å². The van der Waals surface area contributed by atoms with Crippen LogP contribution in [0.4, 0.5) is 0 Å². The summed E-state index contributed by atoms with van der Waals surface area (Å²) in [6.45, 7) is 9.15. The van der Waals surface area contributed by atoms with Crippen molar-refractivity contribution < 1.29 is 14.5 Å². The molecule has 0 amide bonds. The van der Waals surface area contributed by atoms with Gasteiger partial charge in [0.15, 0.2) is 6.04 Å². The Balaban J connectivity index is 2.97. The van der Waals surface area contributed by atoms with E-state index in [4.69, 9.17) is 0 Å². The maximum atomic E-state index is 11.3. The van der Waals surface area contributed by atoms with E-state index in [1.807, 2.05) is 10.8 Å². The van der Waals surface area contributed by atoms with E-state index in [2.05, 4.69) is 25.3 Å². The molecule has 1 aromatic heterocycles. The summed E-state index contributed by atoms with van der Waals surface area (Å²) in [6.07, 6.45) is 8.85. The predicted octanol–water partition coefficient (Wildman–Crippen LogP) is 3.26. The lowest BCUT2D eigenvalue weighted by Crippen LogP contribution is -2.44. The highest BCUT2D eigenvalue weighted by molar-refractivity contribution is 5.69. The summed E-state index contributed by atoms with van der Waals surface area (Å²) in [5, 5.41) is 9.27. The number of rotatable bonds is 9. The largest absolute Gasteiger partial charge is 0.478 e. The van der Waals surface area contributed by atoms with Crippen LogP contribution in [0.3, 0.4) is 0 Å². The first-order valence-electron chi connectivity index (χ1n) is 7.85. The van der Waals surface area contributed by atoms with Gasteiger partial charge in [0.25, 0.3) is 5.82 Å². The Hall–Kier alpha value is -1.32. The van der Waals surface area contributed by atoms with Crippen molar-refractivity contribution in [2.45, 2.75) is 78.8 Å². The normalized spacial score (nSPS) is 12.6. The second-order valence-electron chi connectivity index (χ2n) is 5.57. The number of carboxylic acid groups (broad SMARTS) is 1. The number of aliphatic carboxylic acids is 1. The van der Waals surface area contributed by atoms with Crippen LogP contribution in [0.5, 0.6) is 0 Å². The third-order valence-corrected chi connectivity index (χ3v) is 3.84. The number of aromatic nitrogens is 2. The first kappa shape index (κ1) is 16.7. The lowest BCUT2D eigenvalue weighted by Gasteiger charge is -2.08. The maximum Gasteiger partial charge on any atom is 0.349 e. The molecule has 4 nitrogen and oxygen atoms in total. The maximum absolute atomic E-state index is 11.3. The molecule has 0 saturated carbocycles. The zero-order chi connectivity index (χ0) is 15.1. The second kappa shape index (κ2) is 8.08. The zero-order valence-electron chi connectivity index (χ0n) is 13.4.